The Labute approximate surface area is 126 Å². The SMILES string of the molecule is Cl.Cl.FC(F)(F)c1cccc2c1Cc1ccccc1O2. The van der Waals surface area contributed by atoms with Crippen LogP contribution in [0.5, 0.6) is 11.5 Å². The molecule has 0 fully saturated rings. The predicted octanol–water partition coefficient (Wildman–Crippen LogP) is 5.25. The summed E-state index contributed by atoms with van der Waals surface area (Å²) in [6.07, 6.45) is -4.10. The maximum absolute atomic E-state index is 12.9. The van der Waals surface area contributed by atoms with Crippen LogP contribution in [-0.2, 0) is 12.6 Å². The van der Waals surface area contributed by atoms with Gasteiger partial charge in [0.15, 0.2) is 0 Å². The van der Waals surface area contributed by atoms with E-state index in [1.54, 1.807) is 30.3 Å². The highest BCUT2D eigenvalue weighted by atomic mass is 35.5. The molecule has 0 radical (unpaired) electrons. The largest absolute Gasteiger partial charge is 0.457 e. The van der Waals surface area contributed by atoms with Crippen molar-refractivity contribution in [2.75, 3.05) is 0 Å². The molecule has 0 amide bonds. The van der Waals surface area contributed by atoms with Crippen LogP contribution in [0.3, 0.4) is 0 Å². The van der Waals surface area contributed by atoms with Crippen LogP contribution in [0.25, 0.3) is 0 Å². The molecule has 1 nitrogen and oxygen atoms in total. The molecular formula is C14H11Cl2F3O. The quantitative estimate of drug-likeness (QED) is 0.549. The van der Waals surface area contributed by atoms with Gasteiger partial charge < -0.3 is 4.74 Å². The molecule has 108 valence electrons. The molecule has 0 saturated carbocycles. The summed E-state index contributed by atoms with van der Waals surface area (Å²) < 4.78 is 44.2. The number of hydrogen-bond acceptors (Lipinski definition) is 1. The van der Waals surface area contributed by atoms with Crippen LogP contribution in [0, 0.1) is 0 Å². The first kappa shape index (κ1) is 16.7. The zero-order valence-electron chi connectivity index (χ0n) is 10.1. The fourth-order valence-corrected chi connectivity index (χ4v) is 2.17. The van der Waals surface area contributed by atoms with E-state index in [-0.39, 0.29) is 36.8 Å². The van der Waals surface area contributed by atoms with E-state index in [1.807, 2.05) is 0 Å². The second-order valence-electron chi connectivity index (χ2n) is 4.17. The monoisotopic (exact) mass is 322 g/mol. The first-order chi connectivity index (χ1) is 8.55. The summed E-state index contributed by atoms with van der Waals surface area (Å²) in [5.41, 5.74) is 0.375. The molecule has 0 atom stereocenters. The van der Waals surface area contributed by atoms with Gasteiger partial charge in [0, 0.05) is 12.0 Å². The first-order valence-electron chi connectivity index (χ1n) is 5.50. The Morgan fingerprint density at radius 1 is 0.850 bits per heavy atom. The minimum absolute atomic E-state index is 0. The fraction of sp³-hybridized carbons (Fsp3) is 0.143. The van der Waals surface area contributed by atoms with Crippen molar-refractivity contribution in [3.05, 3.63) is 59.2 Å². The van der Waals surface area contributed by atoms with Crippen LogP contribution >= 0.6 is 24.8 Å². The van der Waals surface area contributed by atoms with Gasteiger partial charge in [-0.15, -0.1) is 24.8 Å². The second-order valence-corrected chi connectivity index (χ2v) is 4.17. The normalized spacial score (nSPS) is 12.2. The molecule has 0 unspecified atom stereocenters. The Morgan fingerprint density at radius 2 is 1.50 bits per heavy atom. The molecule has 20 heavy (non-hydrogen) atoms. The van der Waals surface area contributed by atoms with E-state index in [1.165, 1.54) is 6.07 Å². The van der Waals surface area contributed by atoms with Crippen molar-refractivity contribution in [1.29, 1.82) is 0 Å². The fourth-order valence-electron chi connectivity index (χ4n) is 2.17. The van der Waals surface area contributed by atoms with Crippen molar-refractivity contribution in [2.24, 2.45) is 0 Å². The lowest BCUT2D eigenvalue weighted by molar-refractivity contribution is -0.138. The van der Waals surface area contributed by atoms with E-state index in [4.69, 9.17) is 4.74 Å². The number of hydrogen-bond donors (Lipinski definition) is 0. The number of benzene rings is 2. The van der Waals surface area contributed by atoms with Crippen LogP contribution < -0.4 is 4.74 Å². The summed E-state index contributed by atoms with van der Waals surface area (Å²) in [6.45, 7) is 0. The molecular weight excluding hydrogens is 312 g/mol. The highest BCUT2D eigenvalue weighted by molar-refractivity contribution is 5.85. The lowest BCUT2D eigenvalue weighted by Gasteiger charge is -2.23. The van der Waals surface area contributed by atoms with Crippen molar-refractivity contribution in [1.82, 2.24) is 0 Å². The highest BCUT2D eigenvalue weighted by Crippen LogP contribution is 2.42. The molecule has 0 aliphatic carbocycles. The Bertz CT molecular complexity index is 612. The lowest BCUT2D eigenvalue weighted by atomic mass is 9.95. The third kappa shape index (κ3) is 2.86. The van der Waals surface area contributed by atoms with Crippen molar-refractivity contribution in [2.45, 2.75) is 12.6 Å². The maximum atomic E-state index is 12.9. The van der Waals surface area contributed by atoms with Gasteiger partial charge in [0.05, 0.1) is 5.56 Å². The minimum atomic E-state index is -4.35. The Kier molecular flexibility index (Phi) is 4.95. The maximum Gasteiger partial charge on any atom is 0.416 e. The Balaban J connectivity index is 0.000001000. The molecule has 2 aromatic carbocycles. The van der Waals surface area contributed by atoms with Gasteiger partial charge in [-0.1, -0.05) is 24.3 Å². The number of halogens is 5. The number of para-hydroxylation sites is 1. The third-order valence-electron chi connectivity index (χ3n) is 3.00. The van der Waals surface area contributed by atoms with E-state index >= 15 is 0 Å². The lowest BCUT2D eigenvalue weighted by Crippen LogP contribution is -2.13. The van der Waals surface area contributed by atoms with Gasteiger partial charge >= 0.3 is 6.18 Å². The second kappa shape index (κ2) is 5.94. The average Bonchev–Trinajstić information content (AvgIpc) is 2.34. The zero-order valence-corrected chi connectivity index (χ0v) is 11.7. The van der Waals surface area contributed by atoms with Crippen molar-refractivity contribution < 1.29 is 17.9 Å². The molecule has 6 heteroatoms. The van der Waals surface area contributed by atoms with E-state index in [0.717, 1.165) is 11.6 Å². The van der Waals surface area contributed by atoms with E-state index in [9.17, 15) is 13.2 Å². The van der Waals surface area contributed by atoms with E-state index < -0.39 is 11.7 Å². The summed E-state index contributed by atoms with van der Waals surface area (Å²) in [7, 11) is 0. The smallest absolute Gasteiger partial charge is 0.416 e. The molecule has 0 N–H and O–H groups in total. The zero-order chi connectivity index (χ0) is 12.8. The van der Waals surface area contributed by atoms with E-state index in [0.29, 0.717) is 11.5 Å². The number of rotatable bonds is 0. The Morgan fingerprint density at radius 3 is 2.20 bits per heavy atom. The standard InChI is InChI=1S/C14H9F3O.2ClH/c15-14(16,17)11-5-3-7-13-10(11)8-9-4-1-2-6-12(9)18-13;;/h1-7H,8H2;2*1H. The summed E-state index contributed by atoms with van der Waals surface area (Å²) in [5, 5.41) is 0. The molecule has 1 aliphatic rings. The van der Waals surface area contributed by atoms with Gasteiger partial charge in [0.2, 0.25) is 0 Å². The van der Waals surface area contributed by atoms with Gasteiger partial charge in [0.1, 0.15) is 11.5 Å². The molecule has 0 aromatic heterocycles. The molecule has 1 heterocycles. The number of fused-ring (bicyclic) bond motifs is 2. The molecule has 2 aromatic rings. The predicted molar refractivity (Wildman–Crippen MR) is 75.3 cm³/mol. The van der Waals surface area contributed by atoms with Gasteiger partial charge in [-0.05, 0) is 23.8 Å². The number of alkyl halides is 3. The van der Waals surface area contributed by atoms with Crippen molar-refractivity contribution in [3.63, 3.8) is 0 Å². The average molecular weight is 323 g/mol. The third-order valence-corrected chi connectivity index (χ3v) is 3.00. The molecule has 0 spiro atoms. The van der Waals surface area contributed by atoms with Crippen LogP contribution in [0.4, 0.5) is 13.2 Å². The van der Waals surface area contributed by atoms with Gasteiger partial charge in [0.25, 0.3) is 0 Å². The van der Waals surface area contributed by atoms with Crippen LogP contribution in [-0.4, -0.2) is 0 Å². The van der Waals surface area contributed by atoms with Crippen LogP contribution in [0.1, 0.15) is 16.7 Å². The summed E-state index contributed by atoms with van der Waals surface area (Å²) in [4.78, 5) is 0. The molecule has 1 aliphatic heterocycles. The van der Waals surface area contributed by atoms with Gasteiger partial charge in [-0.2, -0.15) is 13.2 Å². The minimum Gasteiger partial charge on any atom is -0.457 e. The van der Waals surface area contributed by atoms with Crippen molar-refractivity contribution >= 4 is 24.8 Å². The highest BCUT2D eigenvalue weighted by Gasteiger charge is 2.35. The Hall–Kier alpha value is -1.39. The molecule has 0 bridgehead atoms. The molecule has 0 saturated heterocycles. The van der Waals surface area contributed by atoms with Crippen LogP contribution in [0.15, 0.2) is 42.5 Å². The molecule has 3 rings (SSSR count). The summed E-state index contributed by atoms with van der Waals surface area (Å²) >= 11 is 0. The van der Waals surface area contributed by atoms with Gasteiger partial charge in [-0.25, -0.2) is 0 Å². The van der Waals surface area contributed by atoms with Crippen molar-refractivity contribution in [3.8, 4) is 11.5 Å². The van der Waals surface area contributed by atoms with Gasteiger partial charge in [-0.3, -0.25) is 0 Å². The van der Waals surface area contributed by atoms with Crippen LogP contribution in [0.2, 0.25) is 0 Å². The number of ether oxygens (including phenoxy) is 1. The summed E-state index contributed by atoms with van der Waals surface area (Å²) in [5.74, 6) is 0.924. The topological polar surface area (TPSA) is 9.23 Å². The first-order valence-corrected chi connectivity index (χ1v) is 5.50. The van der Waals surface area contributed by atoms with E-state index in [2.05, 4.69) is 0 Å². The summed E-state index contributed by atoms with van der Waals surface area (Å²) in [6, 6.07) is 11.2.